The quantitative estimate of drug-likeness (QED) is 0.671. The van der Waals surface area contributed by atoms with Gasteiger partial charge in [0.25, 0.3) is 5.91 Å². The molecule has 1 N–H and O–H groups in total. The third-order valence-electron chi connectivity index (χ3n) is 3.15. The summed E-state index contributed by atoms with van der Waals surface area (Å²) in [5, 5.41) is 6.19. The number of para-hydroxylation sites is 1. The minimum absolute atomic E-state index is 0.173. The number of benzene rings is 1. The third kappa shape index (κ3) is 3.82. The highest BCUT2D eigenvalue weighted by Crippen LogP contribution is 2.16. The number of Topliss-reactive ketones (excluding diaryl/α,β-unsaturated/α-hetero) is 1. The largest absolute Gasteiger partial charge is 0.452 e. The summed E-state index contributed by atoms with van der Waals surface area (Å²) in [5.41, 5.74) is 1.37. The van der Waals surface area contributed by atoms with Gasteiger partial charge in [0.1, 0.15) is 11.3 Å². The monoisotopic (exact) mass is 316 g/mol. The minimum atomic E-state index is -0.684. The molecule has 2 aromatic rings. The topological polar surface area (TPSA) is 98.5 Å². The molecule has 0 aliphatic carbocycles. The smallest absolute Gasteiger partial charge is 0.344 e. The summed E-state index contributed by atoms with van der Waals surface area (Å²) < 4.78 is 9.82. The van der Waals surface area contributed by atoms with Gasteiger partial charge in [-0.15, -0.1) is 0 Å². The number of anilines is 1. The number of esters is 1. The standard InChI is InChI=1S/C16H16N2O5/c1-9-15(11(3)23-18-9)16(21)22-8-14(20)17-13-7-5-4-6-12(13)10(2)19/h4-7H,8H2,1-3H3,(H,17,20). The number of nitrogens with zero attached hydrogens (tertiary/aromatic N) is 1. The van der Waals surface area contributed by atoms with Crippen molar-refractivity contribution in [3.8, 4) is 0 Å². The Labute approximate surface area is 132 Å². The van der Waals surface area contributed by atoms with Crippen molar-refractivity contribution in [3.63, 3.8) is 0 Å². The van der Waals surface area contributed by atoms with Gasteiger partial charge < -0.3 is 14.6 Å². The van der Waals surface area contributed by atoms with E-state index >= 15 is 0 Å². The lowest BCUT2D eigenvalue weighted by molar-refractivity contribution is -0.119. The molecule has 1 aromatic carbocycles. The van der Waals surface area contributed by atoms with E-state index in [1.807, 2.05) is 0 Å². The van der Waals surface area contributed by atoms with Crippen LogP contribution in [0.2, 0.25) is 0 Å². The van der Waals surface area contributed by atoms with Crippen LogP contribution in [0.4, 0.5) is 5.69 Å². The molecule has 0 spiro atoms. The molecule has 0 unspecified atom stereocenters. The highest BCUT2D eigenvalue weighted by Gasteiger charge is 2.20. The Morgan fingerprint density at radius 3 is 2.52 bits per heavy atom. The predicted octanol–water partition coefficient (Wildman–Crippen LogP) is 2.29. The molecule has 23 heavy (non-hydrogen) atoms. The summed E-state index contributed by atoms with van der Waals surface area (Å²) in [6, 6.07) is 6.60. The number of aryl methyl sites for hydroxylation is 2. The first-order valence-electron chi connectivity index (χ1n) is 6.90. The van der Waals surface area contributed by atoms with Gasteiger partial charge in [-0.3, -0.25) is 9.59 Å². The van der Waals surface area contributed by atoms with Crippen LogP contribution in [-0.2, 0) is 9.53 Å². The maximum atomic E-state index is 11.9. The lowest BCUT2D eigenvalue weighted by atomic mass is 10.1. The lowest BCUT2D eigenvalue weighted by Crippen LogP contribution is -2.22. The second kappa shape index (κ2) is 6.87. The summed E-state index contributed by atoms with van der Waals surface area (Å²) in [5.74, 6) is -1.07. The zero-order valence-electron chi connectivity index (χ0n) is 13.0. The molecule has 0 fully saturated rings. The van der Waals surface area contributed by atoms with Gasteiger partial charge in [-0.1, -0.05) is 17.3 Å². The van der Waals surface area contributed by atoms with E-state index in [-0.39, 0.29) is 11.3 Å². The molecular formula is C16H16N2O5. The average molecular weight is 316 g/mol. The maximum absolute atomic E-state index is 11.9. The molecule has 7 nitrogen and oxygen atoms in total. The summed E-state index contributed by atoms with van der Waals surface area (Å²) in [4.78, 5) is 35.3. The second-order valence-electron chi connectivity index (χ2n) is 4.93. The van der Waals surface area contributed by atoms with Gasteiger partial charge in [-0.05, 0) is 32.9 Å². The van der Waals surface area contributed by atoms with E-state index in [0.717, 1.165) is 0 Å². The van der Waals surface area contributed by atoms with Crippen LogP contribution in [0.5, 0.6) is 0 Å². The fourth-order valence-corrected chi connectivity index (χ4v) is 2.06. The molecule has 0 aliphatic heterocycles. The van der Waals surface area contributed by atoms with Gasteiger partial charge in [0, 0.05) is 5.56 Å². The van der Waals surface area contributed by atoms with Crippen molar-refractivity contribution >= 4 is 23.3 Å². The minimum Gasteiger partial charge on any atom is -0.452 e. The molecule has 0 bridgehead atoms. The average Bonchev–Trinajstić information content (AvgIpc) is 2.84. The Hall–Kier alpha value is -2.96. The molecular weight excluding hydrogens is 300 g/mol. The number of nitrogens with one attached hydrogen (secondary N) is 1. The molecule has 1 aromatic heterocycles. The van der Waals surface area contributed by atoms with Crippen molar-refractivity contribution in [3.05, 3.63) is 46.8 Å². The van der Waals surface area contributed by atoms with Gasteiger partial charge in [-0.2, -0.15) is 0 Å². The van der Waals surface area contributed by atoms with E-state index in [4.69, 9.17) is 9.26 Å². The number of carbonyl (C=O) groups excluding carboxylic acids is 3. The van der Waals surface area contributed by atoms with Crippen LogP contribution in [0.15, 0.2) is 28.8 Å². The van der Waals surface area contributed by atoms with Crippen LogP contribution in [0.25, 0.3) is 0 Å². The van der Waals surface area contributed by atoms with E-state index in [0.29, 0.717) is 22.7 Å². The Kier molecular flexibility index (Phi) is 4.90. The first kappa shape index (κ1) is 16.4. The van der Waals surface area contributed by atoms with Crippen LogP contribution in [0.1, 0.15) is 39.1 Å². The molecule has 120 valence electrons. The fraction of sp³-hybridized carbons (Fsp3) is 0.250. The van der Waals surface area contributed by atoms with E-state index in [1.165, 1.54) is 6.92 Å². The number of ketones is 1. The van der Waals surface area contributed by atoms with Crippen molar-refractivity contribution in [1.82, 2.24) is 5.16 Å². The molecule has 1 heterocycles. The Balaban J connectivity index is 1.99. The fourth-order valence-electron chi connectivity index (χ4n) is 2.06. The number of hydrogen-bond acceptors (Lipinski definition) is 6. The number of aromatic nitrogens is 1. The third-order valence-corrected chi connectivity index (χ3v) is 3.15. The summed E-state index contributed by atoms with van der Waals surface area (Å²) in [7, 11) is 0. The number of carbonyl (C=O) groups is 3. The molecule has 0 aliphatic rings. The number of amides is 1. The molecule has 0 saturated carbocycles. The number of rotatable bonds is 5. The van der Waals surface area contributed by atoms with Crippen LogP contribution in [0.3, 0.4) is 0 Å². The molecule has 2 rings (SSSR count). The van der Waals surface area contributed by atoms with Gasteiger partial charge in [0.05, 0.1) is 11.4 Å². The maximum Gasteiger partial charge on any atom is 0.344 e. The zero-order valence-corrected chi connectivity index (χ0v) is 13.0. The first-order valence-corrected chi connectivity index (χ1v) is 6.90. The van der Waals surface area contributed by atoms with Crippen molar-refractivity contribution in [2.24, 2.45) is 0 Å². The van der Waals surface area contributed by atoms with Gasteiger partial charge in [-0.25, -0.2) is 4.79 Å². The highest BCUT2D eigenvalue weighted by molar-refractivity contribution is 6.04. The summed E-state index contributed by atoms with van der Waals surface area (Å²) in [6.07, 6.45) is 0. The summed E-state index contributed by atoms with van der Waals surface area (Å²) >= 11 is 0. The highest BCUT2D eigenvalue weighted by atomic mass is 16.5. The molecule has 7 heteroatoms. The number of ether oxygens (including phenoxy) is 1. The van der Waals surface area contributed by atoms with Gasteiger partial charge in [0.2, 0.25) is 0 Å². The molecule has 0 saturated heterocycles. The van der Waals surface area contributed by atoms with Crippen LogP contribution >= 0.6 is 0 Å². The van der Waals surface area contributed by atoms with Gasteiger partial charge >= 0.3 is 5.97 Å². The lowest BCUT2D eigenvalue weighted by Gasteiger charge is -2.09. The second-order valence-corrected chi connectivity index (χ2v) is 4.93. The normalized spacial score (nSPS) is 10.2. The molecule has 1 amide bonds. The van der Waals surface area contributed by atoms with Crippen molar-refractivity contribution < 1.29 is 23.6 Å². The molecule has 0 atom stereocenters. The first-order chi connectivity index (χ1) is 10.9. The van der Waals surface area contributed by atoms with Crippen molar-refractivity contribution in [2.75, 3.05) is 11.9 Å². The van der Waals surface area contributed by atoms with Crippen LogP contribution in [0, 0.1) is 13.8 Å². The van der Waals surface area contributed by atoms with Gasteiger partial charge in [0.15, 0.2) is 12.4 Å². The molecule has 0 radical (unpaired) electrons. The van der Waals surface area contributed by atoms with Crippen molar-refractivity contribution in [2.45, 2.75) is 20.8 Å². The van der Waals surface area contributed by atoms with E-state index in [1.54, 1.807) is 38.1 Å². The predicted molar refractivity (Wildman–Crippen MR) is 81.3 cm³/mol. The Morgan fingerprint density at radius 2 is 1.91 bits per heavy atom. The van der Waals surface area contributed by atoms with Crippen LogP contribution < -0.4 is 5.32 Å². The van der Waals surface area contributed by atoms with Crippen molar-refractivity contribution in [1.29, 1.82) is 0 Å². The zero-order chi connectivity index (χ0) is 17.0. The SMILES string of the molecule is CC(=O)c1ccccc1NC(=O)COC(=O)c1c(C)noc1C. The Bertz CT molecular complexity index is 744. The summed E-state index contributed by atoms with van der Waals surface area (Å²) in [6.45, 7) is 4.12. The number of hydrogen-bond donors (Lipinski definition) is 1. The van der Waals surface area contributed by atoms with E-state index < -0.39 is 18.5 Å². The Morgan fingerprint density at radius 1 is 1.22 bits per heavy atom. The van der Waals surface area contributed by atoms with E-state index in [2.05, 4.69) is 10.5 Å². The van der Waals surface area contributed by atoms with E-state index in [9.17, 15) is 14.4 Å². The van der Waals surface area contributed by atoms with Crippen LogP contribution in [-0.4, -0.2) is 29.4 Å².